The van der Waals surface area contributed by atoms with Gasteiger partial charge in [-0.15, -0.1) is 0 Å². The van der Waals surface area contributed by atoms with E-state index in [1.54, 1.807) is 18.2 Å². The van der Waals surface area contributed by atoms with Crippen LogP contribution in [-0.4, -0.2) is 15.1 Å². The van der Waals surface area contributed by atoms with Gasteiger partial charge in [-0.2, -0.15) is 0 Å². The third-order valence-corrected chi connectivity index (χ3v) is 2.37. The second-order valence-electron chi connectivity index (χ2n) is 2.45. The van der Waals surface area contributed by atoms with Crippen LogP contribution in [0.2, 0.25) is 5.28 Å². The number of aromatic hydroxyl groups is 1. The molecule has 0 aliphatic heterocycles. The average Bonchev–Trinajstić information content (AvgIpc) is 2.02. The van der Waals surface area contributed by atoms with E-state index in [0.29, 0.717) is 15.5 Å². The van der Waals surface area contributed by atoms with Gasteiger partial charge in [-0.3, -0.25) is 0 Å². The largest absolute Gasteiger partial charge is 0.507 e. The number of aromatic nitrogens is 2. The van der Waals surface area contributed by atoms with Crippen LogP contribution in [0.5, 0.6) is 5.75 Å². The van der Waals surface area contributed by atoms with Crippen molar-refractivity contribution in [3.05, 3.63) is 28.1 Å². The first-order valence-corrected chi connectivity index (χ1v) is 4.66. The fraction of sp³-hybridized carbons (Fsp3) is 0. The van der Waals surface area contributed by atoms with Gasteiger partial charge in [-0.25, -0.2) is 9.97 Å². The standard InChI is InChI=1S/C8H4BrClN2O/c9-7-6-4(11-8(10)12-7)2-1-3-5(6)13/h1-3,13H. The van der Waals surface area contributed by atoms with Crippen molar-refractivity contribution in [2.75, 3.05) is 0 Å². The molecule has 0 amide bonds. The maximum Gasteiger partial charge on any atom is 0.224 e. The van der Waals surface area contributed by atoms with Crippen LogP contribution in [-0.2, 0) is 0 Å². The third kappa shape index (κ3) is 1.47. The fourth-order valence-electron chi connectivity index (χ4n) is 1.09. The minimum absolute atomic E-state index is 0.140. The molecule has 2 aromatic rings. The van der Waals surface area contributed by atoms with Crippen molar-refractivity contribution in [2.45, 2.75) is 0 Å². The molecule has 0 fully saturated rings. The van der Waals surface area contributed by atoms with Crippen molar-refractivity contribution < 1.29 is 5.11 Å². The molecule has 0 unspecified atom stereocenters. The zero-order valence-electron chi connectivity index (χ0n) is 6.33. The maximum atomic E-state index is 9.49. The number of hydrogen-bond donors (Lipinski definition) is 1. The highest BCUT2D eigenvalue weighted by atomic mass is 79.9. The number of halogens is 2. The SMILES string of the molecule is Oc1cccc2nc(Cl)nc(Br)c12. The van der Waals surface area contributed by atoms with E-state index >= 15 is 0 Å². The van der Waals surface area contributed by atoms with Crippen LogP contribution in [0.25, 0.3) is 10.9 Å². The van der Waals surface area contributed by atoms with Crippen LogP contribution in [0.15, 0.2) is 22.8 Å². The Bertz CT molecular complexity index is 475. The predicted octanol–water partition coefficient (Wildman–Crippen LogP) is 2.75. The van der Waals surface area contributed by atoms with Crippen molar-refractivity contribution >= 4 is 38.4 Å². The quantitative estimate of drug-likeness (QED) is 0.584. The van der Waals surface area contributed by atoms with Crippen molar-refractivity contribution in [3.63, 3.8) is 0 Å². The number of fused-ring (bicyclic) bond motifs is 1. The highest BCUT2D eigenvalue weighted by Crippen LogP contribution is 2.29. The van der Waals surface area contributed by atoms with E-state index in [9.17, 15) is 5.11 Å². The molecule has 0 radical (unpaired) electrons. The first-order valence-electron chi connectivity index (χ1n) is 3.49. The van der Waals surface area contributed by atoms with Gasteiger partial charge in [0.2, 0.25) is 5.28 Å². The smallest absolute Gasteiger partial charge is 0.224 e. The summed E-state index contributed by atoms with van der Waals surface area (Å²) in [6.07, 6.45) is 0. The summed E-state index contributed by atoms with van der Waals surface area (Å²) in [6.45, 7) is 0. The molecule has 0 saturated carbocycles. The van der Waals surface area contributed by atoms with E-state index in [1.165, 1.54) is 0 Å². The summed E-state index contributed by atoms with van der Waals surface area (Å²) in [5.74, 6) is 0.140. The monoisotopic (exact) mass is 258 g/mol. The van der Waals surface area contributed by atoms with E-state index in [4.69, 9.17) is 11.6 Å². The summed E-state index contributed by atoms with van der Waals surface area (Å²) in [6, 6.07) is 5.03. The number of phenolic OH excluding ortho intramolecular Hbond substituents is 1. The summed E-state index contributed by atoms with van der Waals surface area (Å²) in [5.41, 5.74) is 0.617. The zero-order valence-corrected chi connectivity index (χ0v) is 8.67. The molecular formula is C8H4BrClN2O. The molecule has 0 aliphatic rings. The lowest BCUT2D eigenvalue weighted by atomic mass is 10.2. The van der Waals surface area contributed by atoms with Crippen molar-refractivity contribution in [3.8, 4) is 5.75 Å². The highest BCUT2D eigenvalue weighted by molar-refractivity contribution is 9.10. The van der Waals surface area contributed by atoms with E-state index in [0.717, 1.165) is 0 Å². The molecule has 0 saturated heterocycles. The second-order valence-corrected chi connectivity index (χ2v) is 3.54. The van der Waals surface area contributed by atoms with Gasteiger partial charge in [0.1, 0.15) is 10.4 Å². The maximum absolute atomic E-state index is 9.49. The molecule has 66 valence electrons. The number of benzene rings is 1. The van der Waals surface area contributed by atoms with Gasteiger partial charge < -0.3 is 5.11 Å². The summed E-state index contributed by atoms with van der Waals surface area (Å²) >= 11 is 8.85. The Labute approximate surface area is 87.5 Å². The lowest BCUT2D eigenvalue weighted by Crippen LogP contribution is -1.86. The number of nitrogens with zero attached hydrogens (tertiary/aromatic N) is 2. The van der Waals surface area contributed by atoms with Gasteiger partial charge in [-0.1, -0.05) is 6.07 Å². The Kier molecular flexibility index (Phi) is 2.09. The number of rotatable bonds is 0. The number of hydrogen-bond acceptors (Lipinski definition) is 3. The molecule has 1 heterocycles. The van der Waals surface area contributed by atoms with E-state index < -0.39 is 0 Å². The van der Waals surface area contributed by atoms with Crippen LogP contribution < -0.4 is 0 Å². The molecule has 2 rings (SSSR count). The first kappa shape index (κ1) is 8.72. The third-order valence-electron chi connectivity index (χ3n) is 1.63. The van der Waals surface area contributed by atoms with E-state index in [2.05, 4.69) is 25.9 Å². The van der Waals surface area contributed by atoms with Crippen LogP contribution in [0.3, 0.4) is 0 Å². The Balaban J connectivity index is 2.94. The fourth-order valence-corrected chi connectivity index (χ4v) is 1.95. The van der Waals surface area contributed by atoms with Gasteiger partial charge in [0.05, 0.1) is 10.9 Å². The molecule has 0 spiro atoms. The predicted molar refractivity (Wildman–Crippen MR) is 53.9 cm³/mol. The van der Waals surface area contributed by atoms with Crippen LogP contribution in [0.1, 0.15) is 0 Å². The lowest BCUT2D eigenvalue weighted by molar-refractivity contribution is 0.481. The van der Waals surface area contributed by atoms with Crippen molar-refractivity contribution in [1.29, 1.82) is 0 Å². The Morgan fingerprint density at radius 1 is 1.31 bits per heavy atom. The van der Waals surface area contributed by atoms with E-state index in [1.807, 2.05) is 0 Å². The minimum Gasteiger partial charge on any atom is -0.507 e. The molecule has 13 heavy (non-hydrogen) atoms. The van der Waals surface area contributed by atoms with Crippen LogP contribution >= 0.6 is 27.5 Å². The average molecular weight is 259 g/mol. The molecule has 5 heteroatoms. The Morgan fingerprint density at radius 3 is 2.85 bits per heavy atom. The van der Waals surface area contributed by atoms with Gasteiger partial charge in [-0.05, 0) is 39.7 Å². The summed E-state index contributed by atoms with van der Waals surface area (Å²) < 4.78 is 0.501. The van der Waals surface area contributed by atoms with Gasteiger partial charge in [0.25, 0.3) is 0 Å². The summed E-state index contributed by atoms with van der Waals surface area (Å²) in [7, 11) is 0. The molecule has 3 nitrogen and oxygen atoms in total. The van der Waals surface area contributed by atoms with Crippen LogP contribution in [0, 0.1) is 0 Å². The Hall–Kier alpha value is -0.870. The molecule has 1 aromatic heterocycles. The molecule has 0 atom stereocenters. The minimum atomic E-state index is 0.140. The topological polar surface area (TPSA) is 46.0 Å². The first-order chi connectivity index (χ1) is 6.18. The second kappa shape index (κ2) is 3.12. The highest BCUT2D eigenvalue weighted by Gasteiger charge is 2.07. The zero-order chi connectivity index (χ0) is 9.42. The summed E-state index contributed by atoms with van der Waals surface area (Å²) in [5, 5.41) is 10.2. The van der Waals surface area contributed by atoms with Crippen molar-refractivity contribution in [2.24, 2.45) is 0 Å². The van der Waals surface area contributed by atoms with Gasteiger partial charge in [0.15, 0.2) is 0 Å². The van der Waals surface area contributed by atoms with Gasteiger partial charge in [0, 0.05) is 0 Å². The molecule has 0 bridgehead atoms. The van der Waals surface area contributed by atoms with E-state index in [-0.39, 0.29) is 11.0 Å². The van der Waals surface area contributed by atoms with Gasteiger partial charge >= 0.3 is 0 Å². The van der Waals surface area contributed by atoms with Crippen molar-refractivity contribution in [1.82, 2.24) is 9.97 Å². The van der Waals surface area contributed by atoms with Crippen LogP contribution in [0.4, 0.5) is 0 Å². The number of phenols is 1. The molecule has 1 aromatic carbocycles. The molecule has 1 N–H and O–H groups in total. The normalized spacial score (nSPS) is 10.6. The molecular weight excluding hydrogens is 255 g/mol. The molecule has 0 aliphatic carbocycles. The summed E-state index contributed by atoms with van der Waals surface area (Å²) in [4.78, 5) is 7.84. The lowest BCUT2D eigenvalue weighted by Gasteiger charge is -2.01. The Morgan fingerprint density at radius 2 is 2.08 bits per heavy atom.